The van der Waals surface area contributed by atoms with Crippen LogP contribution in [0.1, 0.15) is 0 Å². The van der Waals surface area contributed by atoms with E-state index in [2.05, 4.69) is 25.6 Å². The van der Waals surface area contributed by atoms with Crippen LogP contribution < -0.4 is 15.4 Å². The van der Waals surface area contributed by atoms with Gasteiger partial charge >= 0.3 is 0 Å². The number of nitrogens with zero attached hydrogens (tertiary/aromatic N) is 3. The fourth-order valence-corrected chi connectivity index (χ4v) is 3.63. The lowest BCUT2D eigenvalue weighted by Gasteiger charge is -2.13. The minimum Gasteiger partial charge on any atom is -0.495 e. The number of likely N-dealkylation sites (N-methyl/N-ethyl adjacent to an activating group) is 1. The zero-order valence-electron chi connectivity index (χ0n) is 19.1. The zero-order chi connectivity index (χ0) is 24.1. The van der Waals surface area contributed by atoms with Crippen LogP contribution >= 0.6 is 11.6 Å². The van der Waals surface area contributed by atoms with E-state index in [1.165, 1.54) is 6.08 Å². The summed E-state index contributed by atoms with van der Waals surface area (Å²) in [6.07, 6.45) is 6.74. The molecule has 1 amide bonds. The average molecular weight is 477 g/mol. The van der Waals surface area contributed by atoms with Gasteiger partial charge in [-0.25, -0.2) is 9.97 Å². The quantitative estimate of drug-likeness (QED) is 0.307. The average Bonchev–Trinajstić information content (AvgIpc) is 3.24. The lowest BCUT2D eigenvalue weighted by molar-refractivity contribution is -0.111. The summed E-state index contributed by atoms with van der Waals surface area (Å²) >= 11 is 6.44. The van der Waals surface area contributed by atoms with Gasteiger partial charge < -0.3 is 25.3 Å². The zero-order valence-corrected chi connectivity index (χ0v) is 19.8. The van der Waals surface area contributed by atoms with Crippen LogP contribution in [0.3, 0.4) is 0 Å². The van der Waals surface area contributed by atoms with Gasteiger partial charge in [0.2, 0.25) is 11.9 Å². The second-order valence-electron chi connectivity index (χ2n) is 7.83. The van der Waals surface area contributed by atoms with Crippen molar-refractivity contribution in [2.45, 2.75) is 0 Å². The first-order chi connectivity index (χ1) is 16.4. The Morgan fingerprint density at radius 1 is 1.24 bits per heavy atom. The van der Waals surface area contributed by atoms with Gasteiger partial charge in [-0.2, -0.15) is 0 Å². The van der Waals surface area contributed by atoms with Crippen LogP contribution in [-0.2, 0) is 4.79 Å². The van der Waals surface area contributed by atoms with Crippen LogP contribution in [0.2, 0.25) is 5.02 Å². The number of H-pyrrole nitrogens is 1. The summed E-state index contributed by atoms with van der Waals surface area (Å²) in [5.74, 6) is 0.702. The number of halogens is 1. The highest BCUT2D eigenvalue weighted by Crippen LogP contribution is 2.34. The van der Waals surface area contributed by atoms with E-state index >= 15 is 0 Å². The number of amides is 1. The Labute approximate surface area is 202 Å². The van der Waals surface area contributed by atoms with E-state index in [4.69, 9.17) is 16.3 Å². The van der Waals surface area contributed by atoms with Gasteiger partial charge in [-0.15, -0.1) is 0 Å². The number of aromatic nitrogens is 3. The van der Waals surface area contributed by atoms with Crippen molar-refractivity contribution in [3.05, 3.63) is 72.0 Å². The van der Waals surface area contributed by atoms with Gasteiger partial charge in [0.15, 0.2) is 0 Å². The molecule has 0 aliphatic carbocycles. The van der Waals surface area contributed by atoms with Crippen molar-refractivity contribution in [1.82, 2.24) is 19.9 Å². The minimum atomic E-state index is -0.220. The summed E-state index contributed by atoms with van der Waals surface area (Å²) in [6, 6.07) is 13.2. The molecule has 8 nitrogen and oxygen atoms in total. The van der Waals surface area contributed by atoms with Gasteiger partial charge in [-0.3, -0.25) is 4.79 Å². The maximum absolute atomic E-state index is 12.2. The molecule has 0 aliphatic heterocycles. The number of rotatable bonds is 8. The topological polar surface area (TPSA) is 95.2 Å². The van der Waals surface area contributed by atoms with Gasteiger partial charge in [-0.1, -0.05) is 35.9 Å². The third kappa shape index (κ3) is 5.36. The molecule has 0 atom stereocenters. The number of hydrogen-bond acceptors (Lipinski definition) is 6. The molecule has 34 heavy (non-hydrogen) atoms. The number of benzene rings is 2. The highest BCUT2D eigenvalue weighted by atomic mass is 35.5. The van der Waals surface area contributed by atoms with Crippen molar-refractivity contribution in [3.8, 4) is 17.0 Å². The van der Waals surface area contributed by atoms with Gasteiger partial charge in [0.05, 0.1) is 29.7 Å². The molecule has 4 aromatic rings. The van der Waals surface area contributed by atoms with E-state index in [1.54, 1.807) is 37.6 Å². The first-order valence-corrected chi connectivity index (χ1v) is 11.0. The Bertz CT molecular complexity index is 1350. The number of para-hydroxylation sites is 1. The lowest BCUT2D eigenvalue weighted by Crippen LogP contribution is -2.13. The molecular weight excluding hydrogens is 452 g/mol. The van der Waals surface area contributed by atoms with Gasteiger partial charge in [0.25, 0.3) is 0 Å². The van der Waals surface area contributed by atoms with Crippen LogP contribution in [-0.4, -0.2) is 53.5 Å². The molecule has 9 heteroatoms. The predicted octanol–water partition coefficient (Wildman–Crippen LogP) is 5.09. The molecular formula is C25H25ClN6O2. The fraction of sp³-hybridized carbons (Fsp3) is 0.160. The number of ether oxygens (including phenoxy) is 1. The first kappa shape index (κ1) is 23.3. The minimum absolute atomic E-state index is 0.220. The van der Waals surface area contributed by atoms with Crippen molar-refractivity contribution in [1.29, 1.82) is 0 Å². The third-order valence-electron chi connectivity index (χ3n) is 5.04. The molecule has 0 fully saturated rings. The number of hydrogen-bond donors (Lipinski definition) is 3. The predicted molar refractivity (Wildman–Crippen MR) is 137 cm³/mol. The highest BCUT2D eigenvalue weighted by molar-refractivity contribution is 6.33. The lowest BCUT2D eigenvalue weighted by atomic mass is 10.1. The normalized spacial score (nSPS) is 11.3. The Morgan fingerprint density at radius 2 is 2.06 bits per heavy atom. The molecule has 0 radical (unpaired) electrons. The molecule has 2 heterocycles. The highest BCUT2D eigenvalue weighted by Gasteiger charge is 2.14. The number of fused-ring (bicyclic) bond motifs is 1. The van der Waals surface area contributed by atoms with E-state index in [1.807, 2.05) is 49.5 Å². The third-order valence-corrected chi connectivity index (χ3v) is 5.32. The summed E-state index contributed by atoms with van der Waals surface area (Å²) in [7, 11) is 5.45. The summed E-state index contributed by atoms with van der Waals surface area (Å²) < 4.78 is 5.47. The summed E-state index contributed by atoms with van der Waals surface area (Å²) in [4.78, 5) is 26.4. The number of aromatic amines is 1. The first-order valence-electron chi connectivity index (χ1n) is 10.6. The SMILES string of the molecule is COc1ccc(NC(=O)C=CCN(C)C)cc1Nc1ncc(Cl)c(-c2c[nH]c3ccccc23)n1. The van der Waals surface area contributed by atoms with E-state index in [-0.39, 0.29) is 5.91 Å². The molecule has 0 spiro atoms. The van der Waals surface area contributed by atoms with Crippen molar-refractivity contribution >= 4 is 45.7 Å². The van der Waals surface area contributed by atoms with Crippen molar-refractivity contribution in [2.24, 2.45) is 0 Å². The molecule has 4 rings (SSSR count). The molecule has 0 saturated carbocycles. The molecule has 2 aromatic carbocycles. The van der Waals surface area contributed by atoms with E-state index in [9.17, 15) is 4.79 Å². The van der Waals surface area contributed by atoms with Crippen LogP contribution in [0.5, 0.6) is 5.75 Å². The Kier molecular flexibility index (Phi) is 7.10. The molecule has 0 bridgehead atoms. The van der Waals surface area contributed by atoms with Gasteiger partial charge in [-0.05, 0) is 38.4 Å². The number of carbonyl (C=O) groups excluding carboxylic acids is 1. The number of nitrogens with one attached hydrogen (secondary N) is 3. The Hall–Kier alpha value is -3.88. The molecule has 2 aromatic heterocycles. The Balaban J connectivity index is 1.60. The maximum atomic E-state index is 12.2. The molecule has 0 saturated heterocycles. The smallest absolute Gasteiger partial charge is 0.248 e. The van der Waals surface area contributed by atoms with Crippen molar-refractivity contribution in [2.75, 3.05) is 38.4 Å². The van der Waals surface area contributed by atoms with Gasteiger partial charge in [0.1, 0.15) is 5.75 Å². The molecule has 0 unspecified atom stereocenters. The Morgan fingerprint density at radius 3 is 2.85 bits per heavy atom. The van der Waals surface area contributed by atoms with Crippen molar-refractivity contribution < 1.29 is 9.53 Å². The number of methoxy groups -OCH3 is 1. The largest absolute Gasteiger partial charge is 0.495 e. The monoisotopic (exact) mass is 476 g/mol. The molecule has 0 aliphatic rings. The van der Waals surface area contributed by atoms with Crippen LogP contribution in [0.4, 0.5) is 17.3 Å². The van der Waals surface area contributed by atoms with E-state index < -0.39 is 0 Å². The van der Waals surface area contributed by atoms with Crippen LogP contribution in [0.15, 0.2) is 67.0 Å². The second-order valence-corrected chi connectivity index (χ2v) is 8.24. The second kappa shape index (κ2) is 10.4. The maximum Gasteiger partial charge on any atom is 0.248 e. The van der Waals surface area contributed by atoms with E-state index in [0.717, 1.165) is 16.5 Å². The molecule has 174 valence electrons. The van der Waals surface area contributed by atoms with Crippen LogP contribution in [0.25, 0.3) is 22.2 Å². The number of anilines is 3. The molecule has 3 N–H and O–H groups in total. The fourth-order valence-electron chi connectivity index (χ4n) is 3.44. The summed E-state index contributed by atoms with van der Waals surface area (Å²) in [6.45, 7) is 0.676. The standard InChI is InChI=1S/C25H25ClN6O2/c1-32(2)12-6-9-23(33)29-16-10-11-22(34-3)21(13-16)30-25-28-15-19(26)24(31-25)18-14-27-20-8-5-4-7-17(18)20/h4-11,13-15,27H,12H2,1-3H3,(H,29,33)(H,28,30,31). The van der Waals surface area contributed by atoms with Crippen molar-refractivity contribution in [3.63, 3.8) is 0 Å². The van der Waals surface area contributed by atoms with Gasteiger partial charge in [0, 0.05) is 41.0 Å². The summed E-state index contributed by atoms with van der Waals surface area (Å²) in [5.41, 5.74) is 3.68. The van der Waals surface area contributed by atoms with Crippen LogP contribution in [0, 0.1) is 0 Å². The van der Waals surface area contributed by atoms with E-state index in [0.29, 0.717) is 40.3 Å². The summed E-state index contributed by atoms with van der Waals surface area (Å²) in [5, 5.41) is 7.48. The number of carbonyl (C=O) groups is 1.